The van der Waals surface area contributed by atoms with Crippen molar-refractivity contribution in [3.05, 3.63) is 52.8 Å². The maximum absolute atomic E-state index is 14.2. The average Bonchev–Trinajstić information content (AvgIpc) is 3.31. The maximum Gasteiger partial charge on any atom is 0.283 e. The molecule has 1 spiro atoms. The summed E-state index contributed by atoms with van der Waals surface area (Å²) in [6.07, 6.45) is 2.55. The van der Waals surface area contributed by atoms with Gasteiger partial charge in [0.05, 0.1) is 26.9 Å². The summed E-state index contributed by atoms with van der Waals surface area (Å²) >= 11 is 6.39. The molecule has 1 N–H and O–H groups in total. The van der Waals surface area contributed by atoms with Crippen molar-refractivity contribution in [2.45, 2.75) is 49.1 Å². The Labute approximate surface area is 178 Å². The fourth-order valence-corrected chi connectivity index (χ4v) is 5.97. The Morgan fingerprint density at radius 3 is 2.60 bits per heavy atom. The second kappa shape index (κ2) is 6.67. The van der Waals surface area contributed by atoms with Gasteiger partial charge in [0.15, 0.2) is 5.82 Å². The number of rotatable bonds is 3. The van der Waals surface area contributed by atoms with Crippen LogP contribution in [0.2, 0.25) is 5.02 Å². The van der Waals surface area contributed by atoms with E-state index >= 15 is 0 Å². The van der Waals surface area contributed by atoms with Gasteiger partial charge in [-0.15, -0.1) is 5.10 Å². The molecule has 2 heterocycles. The van der Waals surface area contributed by atoms with E-state index in [-0.39, 0.29) is 27.1 Å². The number of aliphatic hydroxyl groups is 1. The zero-order valence-corrected chi connectivity index (χ0v) is 17.9. The minimum absolute atomic E-state index is 0.0691. The van der Waals surface area contributed by atoms with Gasteiger partial charge in [0.25, 0.3) is 10.0 Å². The molecule has 1 atom stereocenters. The molecule has 2 fully saturated rings. The van der Waals surface area contributed by atoms with Crippen LogP contribution in [0, 0.1) is 12.7 Å². The molecule has 1 saturated carbocycles. The molecule has 158 valence electrons. The van der Waals surface area contributed by atoms with E-state index < -0.39 is 15.8 Å². The first-order valence-corrected chi connectivity index (χ1v) is 11.7. The van der Waals surface area contributed by atoms with Crippen LogP contribution in [0.3, 0.4) is 0 Å². The van der Waals surface area contributed by atoms with E-state index in [1.165, 1.54) is 18.2 Å². The van der Waals surface area contributed by atoms with Crippen LogP contribution in [0.15, 0.2) is 41.3 Å². The smallest absolute Gasteiger partial charge is 0.283 e. The third kappa shape index (κ3) is 3.01. The van der Waals surface area contributed by atoms with Gasteiger partial charge in [0.1, 0.15) is 5.82 Å². The molecule has 0 radical (unpaired) electrons. The molecule has 1 aliphatic carbocycles. The molecule has 1 aromatic heterocycles. The predicted octanol–water partition coefficient (Wildman–Crippen LogP) is 3.87. The van der Waals surface area contributed by atoms with Gasteiger partial charge in [0.2, 0.25) is 0 Å². The number of fused-ring (bicyclic) bond motifs is 1. The average molecular weight is 450 g/mol. The number of piperidine rings is 1. The minimum Gasteiger partial charge on any atom is -0.393 e. The maximum atomic E-state index is 14.2. The van der Waals surface area contributed by atoms with E-state index in [2.05, 4.69) is 5.10 Å². The first-order chi connectivity index (χ1) is 14.2. The molecule has 1 unspecified atom stereocenters. The van der Waals surface area contributed by atoms with Crippen LogP contribution in [0.4, 0.5) is 10.2 Å². The minimum atomic E-state index is -4.06. The molecular weight excluding hydrogens is 429 g/mol. The van der Waals surface area contributed by atoms with Gasteiger partial charge < -0.3 is 10.0 Å². The second-order valence-electron chi connectivity index (χ2n) is 8.29. The number of benzene rings is 2. The number of halogens is 2. The van der Waals surface area contributed by atoms with Crippen LogP contribution in [0.1, 0.15) is 31.2 Å². The summed E-state index contributed by atoms with van der Waals surface area (Å²) in [6, 6.07) is 8.77. The van der Waals surface area contributed by atoms with Gasteiger partial charge in [-0.25, -0.2) is 4.39 Å². The van der Waals surface area contributed by atoms with Gasteiger partial charge in [-0.2, -0.15) is 12.5 Å². The Kier molecular flexibility index (Phi) is 4.40. The highest BCUT2D eigenvalue weighted by atomic mass is 35.5. The monoisotopic (exact) mass is 449 g/mol. The van der Waals surface area contributed by atoms with Gasteiger partial charge in [-0.3, -0.25) is 0 Å². The molecule has 9 heteroatoms. The lowest BCUT2D eigenvalue weighted by Crippen LogP contribution is -2.46. The summed E-state index contributed by atoms with van der Waals surface area (Å²) in [5.74, 6) is -0.204. The molecule has 6 nitrogen and oxygen atoms in total. The lowest BCUT2D eigenvalue weighted by molar-refractivity contribution is 0.123. The number of anilines is 1. The summed E-state index contributed by atoms with van der Waals surface area (Å²) in [5.41, 5.74) is 0.795. The number of hydrogen-bond acceptors (Lipinski definition) is 5. The van der Waals surface area contributed by atoms with E-state index in [1.54, 1.807) is 12.1 Å². The van der Waals surface area contributed by atoms with Crippen molar-refractivity contribution in [2.24, 2.45) is 0 Å². The number of aliphatic hydroxyl groups excluding tert-OH is 1. The third-order valence-corrected chi connectivity index (χ3v) is 8.05. The Balaban J connectivity index is 1.74. The van der Waals surface area contributed by atoms with Crippen molar-refractivity contribution in [1.29, 1.82) is 0 Å². The Bertz CT molecular complexity index is 1250. The summed E-state index contributed by atoms with van der Waals surface area (Å²) in [7, 11) is -4.06. The van der Waals surface area contributed by atoms with Gasteiger partial charge in [-0.05, 0) is 50.8 Å². The molecule has 5 rings (SSSR count). The Morgan fingerprint density at radius 2 is 1.93 bits per heavy atom. The van der Waals surface area contributed by atoms with Crippen LogP contribution in [-0.2, 0) is 10.0 Å². The molecular formula is C21H21ClFN3O3S. The molecule has 30 heavy (non-hydrogen) atoms. The standard InChI is InChI=1S/C21H21ClFN3O3S/c1-13-2-4-16(5-3-13)30(28,29)26-18-11-14(23)10-17(22)19(18)20(24-26)25-9-6-15(27)12-21(25)7-8-21/h2-5,10-11,15,27H,6-9,12H2,1H3. The van der Waals surface area contributed by atoms with Crippen molar-refractivity contribution in [3.8, 4) is 0 Å². The second-order valence-corrected chi connectivity index (χ2v) is 10.5. The molecule has 2 aromatic carbocycles. The topological polar surface area (TPSA) is 75.4 Å². The largest absolute Gasteiger partial charge is 0.393 e. The zero-order chi connectivity index (χ0) is 21.3. The molecule has 1 saturated heterocycles. The van der Waals surface area contributed by atoms with Crippen molar-refractivity contribution >= 4 is 38.3 Å². The van der Waals surface area contributed by atoms with Crippen LogP contribution in [0.5, 0.6) is 0 Å². The van der Waals surface area contributed by atoms with E-state index in [9.17, 15) is 17.9 Å². The van der Waals surface area contributed by atoms with Crippen molar-refractivity contribution in [3.63, 3.8) is 0 Å². The number of hydrogen-bond donors (Lipinski definition) is 1. The lowest BCUT2D eigenvalue weighted by Gasteiger charge is -2.39. The molecule has 0 amide bonds. The molecule has 2 aliphatic rings. The van der Waals surface area contributed by atoms with E-state index in [0.717, 1.165) is 28.6 Å². The highest BCUT2D eigenvalue weighted by Crippen LogP contribution is 2.51. The van der Waals surface area contributed by atoms with E-state index in [4.69, 9.17) is 11.6 Å². The fraction of sp³-hybridized carbons (Fsp3) is 0.381. The summed E-state index contributed by atoms with van der Waals surface area (Å²) in [4.78, 5) is 2.12. The fourth-order valence-electron chi connectivity index (χ4n) is 4.42. The molecule has 1 aliphatic heterocycles. The number of aryl methyl sites for hydroxylation is 1. The normalized spacial score (nSPS) is 20.8. The van der Waals surface area contributed by atoms with Crippen molar-refractivity contribution in [1.82, 2.24) is 9.19 Å². The van der Waals surface area contributed by atoms with E-state index in [1.807, 2.05) is 11.8 Å². The highest BCUT2D eigenvalue weighted by Gasteiger charge is 2.52. The quantitative estimate of drug-likeness (QED) is 0.657. The first kappa shape index (κ1) is 19.8. The zero-order valence-electron chi connectivity index (χ0n) is 16.3. The summed E-state index contributed by atoms with van der Waals surface area (Å²) in [6.45, 7) is 2.40. The number of aromatic nitrogens is 2. The van der Waals surface area contributed by atoms with Gasteiger partial charge in [-0.1, -0.05) is 29.3 Å². The number of nitrogens with zero attached hydrogens (tertiary/aromatic N) is 3. The first-order valence-electron chi connectivity index (χ1n) is 9.87. The van der Waals surface area contributed by atoms with Gasteiger partial charge in [0, 0.05) is 18.2 Å². The molecule has 0 bridgehead atoms. The van der Waals surface area contributed by atoms with Crippen LogP contribution < -0.4 is 4.90 Å². The predicted molar refractivity (Wildman–Crippen MR) is 113 cm³/mol. The van der Waals surface area contributed by atoms with Gasteiger partial charge >= 0.3 is 0 Å². The van der Waals surface area contributed by atoms with Crippen molar-refractivity contribution in [2.75, 3.05) is 11.4 Å². The van der Waals surface area contributed by atoms with Crippen LogP contribution >= 0.6 is 11.6 Å². The molecule has 3 aromatic rings. The lowest BCUT2D eigenvalue weighted by atomic mass is 9.97. The Hall–Kier alpha value is -2.16. The third-order valence-electron chi connectivity index (χ3n) is 6.15. The SMILES string of the molecule is Cc1ccc(S(=O)(=O)n2nc(N3CCC(O)CC34CC4)c3c(Cl)cc(F)cc32)cc1. The summed E-state index contributed by atoms with van der Waals surface area (Å²) < 4.78 is 41.9. The Morgan fingerprint density at radius 1 is 1.23 bits per heavy atom. The highest BCUT2D eigenvalue weighted by molar-refractivity contribution is 7.90. The van der Waals surface area contributed by atoms with Crippen LogP contribution in [0.25, 0.3) is 10.9 Å². The van der Waals surface area contributed by atoms with Crippen molar-refractivity contribution < 1.29 is 17.9 Å². The van der Waals surface area contributed by atoms with E-state index in [0.29, 0.717) is 30.6 Å². The van der Waals surface area contributed by atoms with Crippen LogP contribution in [-0.4, -0.2) is 40.9 Å². The summed E-state index contributed by atoms with van der Waals surface area (Å²) in [5, 5.41) is 15.1.